The van der Waals surface area contributed by atoms with Gasteiger partial charge in [0.25, 0.3) is 0 Å². The summed E-state index contributed by atoms with van der Waals surface area (Å²) in [6.07, 6.45) is 26.5. The van der Waals surface area contributed by atoms with Gasteiger partial charge in [-0.2, -0.15) is 0 Å². The van der Waals surface area contributed by atoms with E-state index in [4.69, 9.17) is 14.0 Å². The van der Waals surface area contributed by atoms with Gasteiger partial charge in [-0.3, -0.25) is 14.1 Å². The van der Waals surface area contributed by atoms with E-state index >= 15 is 0 Å². The number of phosphoric acid groups is 1. The average Bonchev–Trinajstić information content (AvgIpc) is 2.98. The second-order valence-electron chi connectivity index (χ2n) is 14.2. The van der Waals surface area contributed by atoms with E-state index in [1.807, 2.05) is 21.1 Å². The fourth-order valence-electron chi connectivity index (χ4n) is 5.61. The van der Waals surface area contributed by atoms with Crippen LogP contribution in [0.25, 0.3) is 0 Å². The summed E-state index contributed by atoms with van der Waals surface area (Å²) in [5.41, 5.74) is 0. The van der Waals surface area contributed by atoms with E-state index < -0.39 is 20.0 Å². The Hall–Kier alpha value is -0.990. The first kappa shape index (κ1) is 45.0. The number of carbonyl (C=O) groups excluding carboxylic acids is 2. The molecule has 2 atom stereocenters. The molecule has 46 heavy (non-hydrogen) atoms. The van der Waals surface area contributed by atoms with Gasteiger partial charge in [-0.05, 0) is 12.8 Å². The molecule has 0 amide bonds. The van der Waals surface area contributed by atoms with Gasteiger partial charge in [0.1, 0.15) is 25.4 Å². The number of nitrogens with zero attached hydrogens (tertiary/aromatic N) is 1. The Morgan fingerprint density at radius 1 is 0.587 bits per heavy atom. The number of hydrogen-bond donors (Lipinski definition) is 2. The van der Waals surface area contributed by atoms with Crippen LogP contribution in [0.1, 0.15) is 174 Å². The lowest BCUT2D eigenvalue weighted by Gasteiger charge is -2.35. The fraction of sp³-hybridized carbons (Fsp3) is 0.944. The minimum atomic E-state index is -4.66. The van der Waals surface area contributed by atoms with Crippen LogP contribution in [-0.4, -0.2) is 72.7 Å². The molecule has 0 aromatic rings. The van der Waals surface area contributed by atoms with Crippen LogP contribution in [-0.2, 0) is 28.2 Å². The molecule has 0 radical (unpaired) electrons. The Kier molecular flexibility index (Phi) is 28.3. The number of esters is 2. The zero-order valence-corrected chi connectivity index (χ0v) is 31.4. The molecule has 2 unspecified atom stereocenters. The first-order valence-corrected chi connectivity index (χ1v) is 20.3. The van der Waals surface area contributed by atoms with Crippen LogP contribution >= 0.6 is 7.82 Å². The van der Waals surface area contributed by atoms with E-state index in [1.165, 1.54) is 103 Å². The zero-order valence-electron chi connectivity index (χ0n) is 30.5. The van der Waals surface area contributed by atoms with Crippen LogP contribution in [0.4, 0.5) is 0 Å². The summed E-state index contributed by atoms with van der Waals surface area (Å²) < 4.78 is 27.9. The third-order valence-corrected chi connectivity index (χ3v) is 9.25. The Labute approximate surface area is 282 Å². The second-order valence-corrected chi connectivity index (χ2v) is 15.4. The van der Waals surface area contributed by atoms with E-state index in [2.05, 4.69) is 13.8 Å². The second kappa shape index (κ2) is 29.0. The summed E-state index contributed by atoms with van der Waals surface area (Å²) in [5, 5.41) is 0. The van der Waals surface area contributed by atoms with E-state index in [0.29, 0.717) is 17.3 Å². The Morgan fingerprint density at radius 3 is 1.33 bits per heavy atom. The van der Waals surface area contributed by atoms with Gasteiger partial charge in [-0.1, -0.05) is 142 Å². The lowest BCUT2D eigenvalue weighted by Crippen LogP contribution is -2.50. The van der Waals surface area contributed by atoms with Crippen molar-refractivity contribution in [1.82, 2.24) is 0 Å². The molecule has 0 fully saturated rings. The first-order chi connectivity index (χ1) is 21.9. The molecule has 10 heteroatoms. The fourth-order valence-corrected chi connectivity index (χ4v) is 5.98. The molecule has 0 bridgehead atoms. The lowest BCUT2D eigenvalue weighted by atomic mass is 10.1. The first-order valence-electron chi connectivity index (χ1n) is 18.7. The number of quaternary nitrogens is 1. The maximum Gasteiger partial charge on any atom is 0.469 e. The molecule has 0 aromatic carbocycles. The van der Waals surface area contributed by atoms with Gasteiger partial charge in [0.2, 0.25) is 0 Å². The van der Waals surface area contributed by atoms with Gasteiger partial charge in [-0.25, -0.2) is 4.57 Å². The topological polar surface area (TPSA) is 119 Å². The number of carbonyl (C=O) groups is 2. The van der Waals surface area contributed by atoms with Crippen molar-refractivity contribution in [3.8, 4) is 0 Å². The monoisotopic (exact) mass is 679 g/mol. The van der Waals surface area contributed by atoms with Crippen LogP contribution in [0.15, 0.2) is 0 Å². The molecule has 0 rings (SSSR count). The van der Waals surface area contributed by atoms with Crippen molar-refractivity contribution >= 4 is 19.8 Å². The predicted octanol–water partition coefficient (Wildman–Crippen LogP) is 9.42. The molecule has 0 spiro atoms. The third-order valence-electron chi connectivity index (χ3n) is 8.76. The van der Waals surface area contributed by atoms with E-state index in [1.54, 1.807) is 0 Å². The standard InChI is InChI=1S/C36H72NO8P/c1-6-8-10-12-14-16-18-20-22-24-26-28-35(38)43-32-34(30-33(37(3,4)5)31-44-46(40,41)42)45-36(39)29-27-25-23-21-19-17-15-13-11-9-7-2/h33-34H,6-32H2,1-5H3,(H-,40,41,42)/p+1. The quantitative estimate of drug-likeness (QED) is 0.0305. The van der Waals surface area contributed by atoms with Gasteiger partial charge in [0.05, 0.1) is 21.1 Å². The Balaban J connectivity index is 4.62. The van der Waals surface area contributed by atoms with Gasteiger partial charge in [0, 0.05) is 19.3 Å². The predicted molar refractivity (Wildman–Crippen MR) is 187 cm³/mol. The minimum absolute atomic E-state index is 0.0761. The SMILES string of the molecule is CCCCCCCCCCCCCC(=O)OCC(CC(COP(=O)(O)O)[N+](C)(C)C)OC(=O)CCCCCCCCCCCCC. The molecule has 2 N–H and O–H groups in total. The maximum absolute atomic E-state index is 12.8. The summed E-state index contributed by atoms with van der Waals surface area (Å²) in [4.78, 5) is 43.8. The molecule has 0 aliphatic rings. The van der Waals surface area contributed by atoms with E-state index in [-0.39, 0.29) is 31.6 Å². The summed E-state index contributed by atoms with van der Waals surface area (Å²) in [6.45, 7) is 4.18. The number of ether oxygens (including phenoxy) is 2. The van der Waals surface area contributed by atoms with Gasteiger partial charge >= 0.3 is 19.8 Å². The average molecular weight is 679 g/mol. The van der Waals surface area contributed by atoms with Crippen molar-refractivity contribution in [2.75, 3.05) is 34.4 Å². The van der Waals surface area contributed by atoms with Crippen LogP contribution in [0.5, 0.6) is 0 Å². The van der Waals surface area contributed by atoms with E-state index in [9.17, 15) is 23.9 Å². The highest BCUT2D eigenvalue weighted by molar-refractivity contribution is 7.46. The number of phosphoric ester groups is 1. The normalized spacial score (nSPS) is 13.5. The Morgan fingerprint density at radius 2 is 0.957 bits per heavy atom. The number of hydrogen-bond acceptors (Lipinski definition) is 6. The van der Waals surface area contributed by atoms with Crippen LogP contribution in [0.3, 0.4) is 0 Å². The molecule has 0 saturated heterocycles. The van der Waals surface area contributed by atoms with Crippen LogP contribution in [0.2, 0.25) is 0 Å². The van der Waals surface area contributed by atoms with Gasteiger partial charge in [0.15, 0.2) is 0 Å². The molecule has 274 valence electrons. The molecule has 0 aromatic heterocycles. The smallest absolute Gasteiger partial charge is 0.462 e. The van der Waals surface area contributed by atoms with Crippen molar-refractivity contribution in [3.63, 3.8) is 0 Å². The van der Waals surface area contributed by atoms with Crippen molar-refractivity contribution in [3.05, 3.63) is 0 Å². The summed E-state index contributed by atoms with van der Waals surface area (Å²) >= 11 is 0. The molecule has 9 nitrogen and oxygen atoms in total. The molecule has 0 saturated carbocycles. The molecule has 0 aliphatic heterocycles. The number of rotatable bonds is 33. The van der Waals surface area contributed by atoms with Crippen molar-refractivity contribution in [2.45, 2.75) is 187 Å². The molecular weight excluding hydrogens is 605 g/mol. The van der Waals surface area contributed by atoms with Crippen molar-refractivity contribution in [1.29, 1.82) is 0 Å². The summed E-state index contributed by atoms with van der Waals surface area (Å²) in [6, 6.07) is -0.391. The third kappa shape index (κ3) is 30.4. The van der Waals surface area contributed by atoms with Crippen molar-refractivity contribution in [2.24, 2.45) is 0 Å². The maximum atomic E-state index is 12.8. The highest BCUT2D eigenvalue weighted by Gasteiger charge is 2.32. The van der Waals surface area contributed by atoms with E-state index in [0.717, 1.165) is 38.5 Å². The molecular formula is C36H73NO8P+. The molecule has 0 aliphatic carbocycles. The number of likely N-dealkylation sites (N-methyl/N-ethyl adjacent to an activating group) is 1. The summed E-state index contributed by atoms with van der Waals surface area (Å²) in [7, 11) is 0.994. The summed E-state index contributed by atoms with van der Waals surface area (Å²) in [5.74, 6) is -0.644. The molecule has 0 heterocycles. The largest absolute Gasteiger partial charge is 0.469 e. The van der Waals surface area contributed by atoms with Crippen LogP contribution < -0.4 is 0 Å². The lowest BCUT2D eigenvalue weighted by molar-refractivity contribution is -0.897. The Bertz CT molecular complexity index is 782. The van der Waals surface area contributed by atoms with Crippen LogP contribution in [0, 0.1) is 0 Å². The van der Waals surface area contributed by atoms with Gasteiger partial charge in [-0.15, -0.1) is 0 Å². The van der Waals surface area contributed by atoms with Gasteiger partial charge < -0.3 is 23.7 Å². The minimum Gasteiger partial charge on any atom is -0.462 e. The zero-order chi connectivity index (χ0) is 34.5. The number of unbranched alkanes of at least 4 members (excludes halogenated alkanes) is 20. The van der Waals surface area contributed by atoms with Crippen molar-refractivity contribution < 1.29 is 42.4 Å². The highest BCUT2D eigenvalue weighted by atomic mass is 31.2. The highest BCUT2D eigenvalue weighted by Crippen LogP contribution is 2.36.